The van der Waals surface area contributed by atoms with E-state index < -0.39 is 0 Å². The second-order valence-electron chi connectivity index (χ2n) is 12.5. The Kier molecular flexibility index (Phi) is 7.49. The minimum Gasteiger partial charge on any atom is -0.263 e. The number of fused-ring (bicyclic) bond motifs is 2. The number of hydrogen-bond donors (Lipinski definition) is 0. The summed E-state index contributed by atoms with van der Waals surface area (Å²) in [5.41, 5.74) is 11.7. The van der Waals surface area contributed by atoms with Crippen LogP contribution in [0.4, 0.5) is 0 Å². The van der Waals surface area contributed by atoms with Crippen LogP contribution in [0.1, 0.15) is 0 Å². The summed E-state index contributed by atoms with van der Waals surface area (Å²) in [6.07, 6.45) is 3.86. The van der Waals surface area contributed by atoms with Crippen LogP contribution < -0.4 is 0 Å². The number of nitrogens with zero attached hydrogens (tertiary/aromatic N) is 3. The van der Waals surface area contributed by atoms with Gasteiger partial charge < -0.3 is 0 Å². The first-order valence-corrected chi connectivity index (χ1v) is 16.8. The molecule has 0 unspecified atom stereocenters. The Morgan fingerprint density at radius 1 is 0.300 bits per heavy atom. The van der Waals surface area contributed by atoms with Gasteiger partial charge in [0.2, 0.25) is 0 Å². The predicted octanol–water partition coefficient (Wildman–Crippen LogP) is 12.2. The van der Waals surface area contributed by atoms with Crippen LogP contribution in [-0.2, 0) is 0 Å². The summed E-state index contributed by atoms with van der Waals surface area (Å²) in [5.74, 6) is 0.690. The molecular weight excluding hydrogens is 607 g/mol. The molecule has 50 heavy (non-hydrogen) atoms. The molecule has 3 heteroatoms. The van der Waals surface area contributed by atoms with E-state index in [0.29, 0.717) is 5.82 Å². The molecule has 0 aliphatic heterocycles. The van der Waals surface area contributed by atoms with Gasteiger partial charge in [-0.1, -0.05) is 158 Å². The summed E-state index contributed by atoms with van der Waals surface area (Å²) >= 11 is 0. The highest BCUT2D eigenvalue weighted by atomic mass is 14.9. The first kappa shape index (κ1) is 29.4. The molecule has 234 valence electrons. The highest BCUT2D eigenvalue weighted by molar-refractivity contribution is 5.96. The summed E-state index contributed by atoms with van der Waals surface area (Å²) in [6.45, 7) is 0. The maximum Gasteiger partial charge on any atom is 0.160 e. The van der Waals surface area contributed by atoms with Gasteiger partial charge in [0, 0.05) is 40.0 Å². The molecule has 0 bridgehead atoms. The topological polar surface area (TPSA) is 38.7 Å². The molecule has 0 N–H and O–H groups in total. The SMILES string of the molecule is c1ccc(-c2ccc(-c3nc(-c4ccc(-c5cncc6ccccc56)cc4)cc(-c4cccc(-c5ccc6ccccc6c5)c4)n3)cc2)cc1. The number of rotatable bonds is 6. The van der Waals surface area contributed by atoms with E-state index in [1.54, 1.807) is 0 Å². The van der Waals surface area contributed by atoms with E-state index in [4.69, 9.17) is 9.97 Å². The van der Waals surface area contributed by atoms with E-state index in [9.17, 15) is 0 Å². The lowest BCUT2D eigenvalue weighted by atomic mass is 9.97. The van der Waals surface area contributed by atoms with Crippen molar-refractivity contribution in [3.05, 3.63) is 188 Å². The zero-order valence-corrected chi connectivity index (χ0v) is 27.2. The molecule has 2 heterocycles. The van der Waals surface area contributed by atoms with Gasteiger partial charge in [0.1, 0.15) is 0 Å². The van der Waals surface area contributed by atoms with Crippen LogP contribution in [0.25, 0.3) is 88.8 Å². The van der Waals surface area contributed by atoms with E-state index in [1.165, 1.54) is 27.3 Å². The maximum absolute atomic E-state index is 5.17. The van der Waals surface area contributed by atoms with Gasteiger partial charge >= 0.3 is 0 Å². The zero-order chi connectivity index (χ0) is 33.3. The molecule has 9 rings (SSSR count). The van der Waals surface area contributed by atoms with Crippen molar-refractivity contribution in [1.29, 1.82) is 0 Å². The van der Waals surface area contributed by atoms with Crippen LogP contribution in [0.3, 0.4) is 0 Å². The van der Waals surface area contributed by atoms with Crippen molar-refractivity contribution >= 4 is 21.5 Å². The van der Waals surface area contributed by atoms with Gasteiger partial charge in [-0.3, -0.25) is 4.98 Å². The van der Waals surface area contributed by atoms with Crippen LogP contribution in [0.15, 0.2) is 188 Å². The molecule has 0 radical (unpaired) electrons. The first-order valence-electron chi connectivity index (χ1n) is 16.8. The molecule has 0 fully saturated rings. The summed E-state index contributed by atoms with van der Waals surface area (Å²) < 4.78 is 0. The summed E-state index contributed by atoms with van der Waals surface area (Å²) in [6, 6.07) is 61.8. The van der Waals surface area contributed by atoms with Crippen molar-refractivity contribution in [3.8, 4) is 67.3 Å². The quantitative estimate of drug-likeness (QED) is 0.182. The summed E-state index contributed by atoms with van der Waals surface area (Å²) in [5, 5.41) is 4.78. The fourth-order valence-corrected chi connectivity index (χ4v) is 6.71. The molecule has 0 amide bonds. The van der Waals surface area contributed by atoms with Crippen molar-refractivity contribution in [3.63, 3.8) is 0 Å². The lowest BCUT2D eigenvalue weighted by Crippen LogP contribution is -1.96. The maximum atomic E-state index is 5.17. The van der Waals surface area contributed by atoms with Crippen LogP contribution in [-0.4, -0.2) is 15.0 Å². The molecule has 0 spiro atoms. The smallest absolute Gasteiger partial charge is 0.160 e. The van der Waals surface area contributed by atoms with E-state index in [-0.39, 0.29) is 0 Å². The average molecular weight is 638 g/mol. The highest BCUT2D eigenvalue weighted by Crippen LogP contribution is 2.34. The Balaban J connectivity index is 1.14. The van der Waals surface area contributed by atoms with Gasteiger partial charge in [-0.25, -0.2) is 9.97 Å². The number of hydrogen-bond acceptors (Lipinski definition) is 3. The molecule has 0 aliphatic rings. The number of aromatic nitrogens is 3. The van der Waals surface area contributed by atoms with Gasteiger partial charge in [0.15, 0.2) is 5.82 Å². The van der Waals surface area contributed by atoms with Gasteiger partial charge in [0.05, 0.1) is 11.4 Å². The second-order valence-corrected chi connectivity index (χ2v) is 12.5. The average Bonchev–Trinajstić information content (AvgIpc) is 3.21. The largest absolute Gasteiger partial charge is 0.263 e. The molecule has 7 aromatic carbocycles. The third kappa shape index (κ3) is 5.72. The number of benzene rings is 7. The van der Waals surface area contributed by atoms with Gasteiger partial charge in [-0.2, -0.15) is 0 Å². The molecule has 0 atom stereocenters. The Morgan fingerprint density at radius 3 is 1.68 bits per heavy atom. The van der Waals surface area contributed by atoms with Crippen molar-refractivity contribution < 1.29 is 0 Å². The molecule has 2 aromatic heterocycles. The van der Waals surface area contributed by atoms with Crippen molar-refractivity contribution in [1.82, 2.24) is 15.0 Å². The van der Waals surface area contributed by atoms with E-state index in [1.807, 2.05) is 24.5 Å². The standard InChI is InChI=1S/C47H31N3/c1-2-9-32(10-3-1)34-17-24-37(25-18-34)47-49-45(36-22-20-35(21-23-36)44-31-48-30-42-13-6-7-16-43(42)44)29-46(50-47)41-15-8-14-39(28-41)40-26-19-33-11-4-5-12-38(33)27-40/h1-31H. The number of pyridine rings is 1. The highest BCUT2D eigenvalue weighted by Gasteiger charge is 2.13. The summed E-state index contributed by atoms with van der Waals surface area (Å²) in [7, 11) is 0. The van der Waals surface area contributed by atoms with Crippen LogP contribution in [0.2, 0.25) is 0 Å². The zero-order valence-electron chi connectivity index (χ0n) is 27.2. The van der Waals surface area contributed by atoms with E-state index in [2.05, 4.69) is 169 Å². The molecule has 0 saturated carbocycles. The van der Waals surface area contributed by atoms with Gasteiger partial charge in [0.25, 0.3) is 0 Å². The van der Waals surface area contributed by atoms with Crippen LogP contribution in [0.5, 0.6) is 0 Å². The normalized spacial score (nSPS) is 11.2. The third-order valence-electron chi connectivity index (χ3n) is 9.38. The summed E-state index contributed by atoms with van der Waals surface area (Å²) in [4.78, 5) is 14.8. The Morgan fingerprint density at radius 2 is 0.860 bits per heavy atom. The second kappa shape index (κ2) is 12.7. The first-order chi connectivity index (χ1) is 24.7. The Hall–Kier alpha value is -6.71. The molecule has 9 aromatic rings. The van der Waals surface area contributed by atoms with Crippen LogP contribution >= 0.6 is 0 Å². The van der Waals surface area contributed by atoms with Crippen molar-refractivity contribution in [2.24, 2.45) is 0 Å². The Bertz CT molecular complexity index is 2620. The van der Waals surface area contributed by atoms with Crippen LogP contribution in [0, 0.1) is 0 Å². The predicted molar refractivity (Wildman–Crippen MR) is 207 cm³/mol. The fraction of sp³-hybridized carbons (Fsp3) is 0. The van der Waals surface area contributed by atoms with Crippen molar-refractivity contribution in [2.45, 2.75) is 0 Å². The third-order valence-corrected chi connectivity index (χ3v) is 9.38. The molecule has 0 saturated heterocycles. The van der Waals surface area contributed by atoms with Gasteiger partial charge in [-0.05, 0) is 62.2 Å². The Labute approximate surface area is 291 Å². The minimum atomic E-state index is 0.690. The lowest BCUT2D eigenvalue weighted by molar-refractivity contribution is 1.18. The molecular formula is C47H31N3. The van der Waals surface area contributed by atoms with E-state index >= 15 is 0 Å². The van der Waals surface area contributed by atoms with Crippen molar-refractivity contribution in [2.75, 3.05) is 0 Å². The lowest BCUT2D eigenvalue weighted by Gasteiger charge is -2.12. The van der Waals surface area contributed by atoms with Gasteiger partial charge in [-0.15, -0.1) is 0 Å². The van der Waals surface area contributed by atoms with E-state index in [0.717, 1.165) is 55.7 Å². The monoisotopic (exact) mass is 637 g/mol. The molecule has 0 aliphatic carbocycles. The fourth-order valence-electron chi connectivity index (χ4n) is 6.71. The minimum absolute atomic E-state index is 0.690. The molecule has 3 nitrogen and oxygen atoms in total.